The summed E-state index contributed by atoms with van der Waals surface area (Å²) in [5, 5.41) is 3.61. The van der Waals surface area contributed by atoms with Gasteiger partial charge in [-0.3, -0.25) is 9.47 Å². The number of nitrogens with zero attached hydrogens (tertiary/aromatic N) is 4. The van der Waals surface area contributed by atoms with Gasteiger partial charge >= 0.3 is 12.6 Å². The smallest absolute Gasteiger partial charge is 0.321 e. The third-order valence-corrected chi connectivity index (χ3v) is 4.70. The van der Waals surface area contributed by atoms with Gasteiger partial charge in [0, 0.05) is 43.6 Å². The van der Waals surface area contributed by atoms with E-state index in [2.05, 4.69) is 10.3 Å². The van der Waals surface area contributed by atoms with Crippen molar-refractivity contribution in [1.82, 2.24) is 19.4 Å². The van der Waals surface area contributed by atoms with Crippen molar-refractivity contribution in [3.63, 3.8) is 0 Å². The van der Waals surface area contributed by atoms with E-state index in [-0.39, 0.29) is 6.03 Å². The minimum atomic E-state index is -2.61. The van der Waals surface area contributed by atoms with Crippen LogP contribution >= 0.6 is 23.2 Å². The molecule has 0 saturated carbocycles. The molecule has 2 amide bonds. The molecule has 1 aliphatic heterocycles. The number of carbonyl (C=O) groups is 1. The minimum absolute atomic E-state index is 0.261. The predicted octanol–water partition coefficient (Wildman–Crippen LogP) is 3.93. The summed E-state index contributed by atoms with van der Waals surface area (Å²) in [5.74, 6) is 0.311. The Morgan fingerprint density at radius 2 is 1.96 bits per heavy atom. The number of piperazine rings is 1. The maximum Gasteiger partial charge on any atom is 0.321 e. The average Bonchev–Trinajstić information content (AvgIpc) is 3.06. The molecule has 140 valence electrons. The van der Waals surface area contributed by atoms with Crippen LogP contribution in [0.3, 0.4) is 0 Å². The molecule has 0 spiro atoms. The molecule has 0 unspecified atom stereocenters. The van der Waals surface area contributed by atoms with Crippen LogP contribution in [0.4, 0.5) is 19.3 Å². The Kier molecular flexibility index (Phi) is 5.95. The van der Waals surface area contributed by atoms with Crippen molar-refractivity contribution in [3.05, 3.63) is 46.5 Å². The van der Waals surface area contributed by atoms with E-state index in [0.29, 0.717) is 54.3 Å². The molecule has 0 bridgehead atoms. The van der Waals surface area contributed by atoms with E-state index in [1.54, 1.807) is 23.1 Å². The van der Waals surface area contributed by atoms with Crippen LogP contribution in [-0.2, 0) is 6.54 Å². The third-order valence-electron chi connectivity index (χ3n) is 4.16. The van der Waals surface area contributed by atoms with E-state index in [0.717, 1.165) is 4.57 Å². The van der Waals surface area contributed by atoms with Gasteiger partial charge in [-0.1, -0.05) is 23.2 Å². The molecule has 1 aromatic heterocycles. The number of alkyl halides is 2. The first-order chi connectivity index (χ1) is 12.4. The Bertz CT molecular complexity index is 778. The Labute approximate surface area is 159 Å². The van der Waals surface area contributed by atoms with Crippen molar-refractivity contribution in [2.75, 3.05) is 31.5 Å². The SMILES string of the molecule is O=C(Nc1ccc(Cl)cc1Cl)N1CCN(Cc2nccn2C(F)F)CC1. The molecule has 0 atom stereocenters. The van der Waals surface area contributed by atoms with Crippen molar-refractivity contribution in [1.29, 1.82) is 0 Å². The van der Waals surface area contributed by atoms with Gasteiger partial charge in [-0.05, 0) is 18.2 Å². The molecule has 1 aliphatic rings. The van der Waals surface area contributed by atoms with Crippen molar-refractivity contribution in [2.24, 2.45) is 0 Å². The number of aromatic nitrogens is 2. The molecule has 0 aliphatic carbocycles. The minimum Gasteiger partial charge on any atom is -0.322 e. The Hall–Kier alpha value is -1.90. The second-order valence-electron chi connectivity index (χ2n) is 5.85. The van der Waals surface area contributed by atoms with Gasteiger partial charge in [0.1, 0.15) is 5.82 Å². The summed E-state index contributed by atoms with van der Waals surface area (Å²) in [6, 6.07) is 4.58. The van der Waals surface area contributed by atoms with E-state index in [9.17, 15) is 13.6 Å². The molecule has 2 heterocycles. The van der Waals surface area contributed by atoms with Crippen molar-refractivity contribution >= 4 is 34.9 Å². The normalized spacial score (nSPS) is 15.5. The van der Waals surface area contributed by atoms with E-state index in [4.69, 9.17) is 23.2 Å². The summed E-state index contributed by atoms with van der Waals surface area (Å²) in [6.07, 6.45) is 2.63. The average molecular weight is 404 g/mol. The van der Waals surface area contributed by atoms with Crippen molar-refractivity contribution in [2.45, 2.75) is 13.1 Å². The van der Waals surface area contributed by atoms with Gasteiger partial charge in [-0.2, -0.15) is 8.78 Å². The first-order valence-electron chi connectivity index (χ1n) is 7.97. The highest BCUT2D eigenvalue weighted by Gasteiger charge is 2.23. The third kappa shape index (κ3) is 4.44. The van der Waals surface area contributed by atoms with Gasteiger partial charge in [-0.15, -0.1) is 0 Å². The van der Waals surface area contributed by atoms with Crippen molar-refractivity contribution in [3.8, 4) is 0 Å². The maximum absolute atomic E-state index is 12.9. The van der Waals surface area contributed by atoms with Crippen LogP contribution in [0.5, 0.6) is 0 Å². The number of carbonyl (C=O) groups excluding carboxylic acids is 1. The molecule has 10 heteroatoms. The highest BCUT2D eigenvalue weighted by molar-refractivity contribution is 6.36. The van der Waals surface area contributed by atoms with E-state index in [1.165, 1.54) is 12.4 Å². The largest absolute Gasteiger partial charge is 0.322 e. The number of hydrogen-bond donors (Lipinski definition) is 1. The van der Waals surface area contributed by atoms with Gasteiger partial charge in [0.15, 0.2) is 0 Å². The van der Waals surface area contributed by atoms with Crippen LogP contribution in [0.25, 0.3) is 0 Å². The molecule has 26 heavy (non-hydrogen) atoms. The number of rotatable bonds is 4. The van der Waals surface area contributed by atoms with Crippen LogP contribution in [0.15, 0.2) is 30.6 Å². The van der Waals surface area contributed by atoms with E-state index in [1.807, 2.05) is 4.90 Å². The fourth-order valence-corrected chi connectivity index (χ4v) is 3.19. The molecule has 2 aromatic rings. The predicted molar refractivity (Wildman–Crippen MR) is 95.8 cm³/mol. The van der Waals surface area contributed by atoms with Crippen LogP contribution < -0.4 is 5.32 Å². The highest BCUT2D eigenvalue weighted by Crippen LogP contribution is 2.25. The monoisotopic (exact) mass is 403 g/mol. The molecule has 1 aromatic carbocycles. The lowest BCUT2D eigenvalue weighted by Gasteiger charge is -2.34. The lowest BCUT2D eigenvalue weighted by atomic mass is 10.3. The lowest BCUT2D eigenvalue weighted by Crippen LogP contribution is -2.49. The number of hydrogen-bond acceptors (Lipinski definition) is 3. The number of halogens is 4. The second kappa shape index (κ2) is 8.20. The van der Waals surface area contributed by atoms with E-state index < -0.39 is 6.55 Å². The van der Waals surface area contributed by atoms with Gasteiger partial charge in [0.2, 0.25) is 0 Å². The van der Waals surface area contributed by atoms with Crippen LogP contribution in [0.1, 0.15) is 12.4 Å². The molecule has 6 nitrogen and oxygen atoms in total. The second-order valence-corrected chi connectivity index (χ2v) is 6.69. The molecule has 0 radical (unpaired) electrons. The molecular weight excluding hydrogens is 387 g/mol. The fourth-order valence-electron chi connectivity index (χ4n) is 2.74. The molecule has 1 fully saturated rings. The number of benzene rings is 1. The number of nitrogens with one attached hydrogen (secondary N) is 1. The van der Waals surface area contributed by atoms with Crippen LogP contribution in [-0.4, -0.2) is 51.6 Å². The number of amides is 2. The zero-order chi connectivity index (χ0) is 18.7. The fraction of sp³-hybridized carbons (Fsp3) is 0.375. The van der Waals surface area contributed by atoms with Crippen LogP contribution in [0.2, 0.25) is 10.0 Å². The van der Waals surface area contributed by atoms with Crippen LogP contribution in [0, 0.1) is 0 Å². The van der Waals surface area contributed by atoms with Gasteiger partial charge in [-0.25, -0.2) is 9.78 Å². The lowest BCUT2D eigenvalue weighted by molar-refractivity contribution is 0.0620. The van der Waals surface area contributed by atoms with E-state index >= 15 is 0 Å². The summed E-state index contributed by atoms with van der Waals surface area (Å²) in [4.78, 5) is 20.0. The van der Waals surface area contributed by atoms with Crippen molar-refractivity contribution < 1.29 is 13.6 Å². The van der Waals surface area contributed by atoms with Gasteiger partial charge < -0.3 is 10.2 Å². The number of urea groups is 1. The summed E-state index contributed by atoms with van der Waals surface area (Å²) >= 11 is 11.9. The summed E-state index contributed by atoms with van der Waals surface area (Å²) in [6.45, 7) is -0.201. The zero-order valence-corrected chi connectivity index (χ0v) is 15.2. The summed E-state index contributed by atoms with van der Waals surface area (Å²) < 4.78 is 26.6. The first kappa shape index (κ1) is 18.9. The highest BCUT2D eigenvalue weighted by atomic mass is 35.5. The molecule has 1 N–H and O–H groups in total. The Morgan fingerprint density at radius 1 is 1.23 bits per heavy atom. The first-order valence-corrected chi connectivity index (χ1v) is 8.73. The van der Waals surface area contributed by atoms with Gasteiger partial charge in [0.25, 0.3) is 0 Å². The number of imidazole rings is 1. The maximum atomic E-state index is 12.9. The standard InChI is InChI=1S/C16H17Cl2F2N5O/c17-11-1-2-13(12(18)9-11)22-16(26)24-7-5-23(6-8-24)10-14-21-3-4-25(14)15(19)20/h1-4,9,15H,5-8,10H2,(H,22,26). The quantitative estimate of drug-likeness (QED) is 0.840. The number of anilines is 1. The summed E-state index contributed by atoms with van der Waals surface area (Å²) in [5.41, 5.74) is 0.488. The summed E-state index contributed by atoms with van der Waals surface area (Å²) in [7, 11) is 0. The van der Waals surface area contributed by atoms with Gasteiger partial charge in [0.05, 0.1) is 17.3 Å². The molecule has 1 saturated heterocycles. The molecular formula is C16H17Cl2F2N5O. The zero-order valence-electron chi connectivity index (χ0n) is 13.7. The Balaban J connectivity index is 1.53. The topological polar surface area (TPSA) is 53.4 Å². The molecule has 3 rings (SSSR count). The Morgan fingerprint density at radius 3 is 2.62 bits per heavy atom.